The van der Waals surface area contributed by atoms with Crippen LogP contribution in [-0.2, 0) is 4.79 Å². The van der Waals surface area contributed by atoms with E-state index < -0.39 is 6.61 Å². The molecule has 0 spiro atoms. The van der Waals surface area contributed by atoms with Gasteiger partial charge in [-0.2, -0.15) is 0 Å². The molecule has 0 radical (unpaired) electrons. The lowest BCUT2D eigenvalue weighted by molar-refractivity contribution is -0.123. The Balaban J connectivity index is 2.96. The quantitative estimate of drug-likeness (QED) is 0.465. The third kappa shape index (κ3) is 11.5. The fraction of sp³-hybridized carbons (Fsp3) is 0.917. The molecule has 4 heteroatoms. The average Bonchev–Trinajstić information content (AvgIpc) is 2.31. The van der Waals surface area contributed by atoms with E-state index in [4.69, 9.17) is 5.11 Å². The molecule has 0 aromatic rings. The molecule has 4 nitrogen and oxygen atoms in total. The zero-order valence-corrected chi connectivity index (χ0v) is 10.4. The van der Waals surface area contributed by atoms with Crippen LogP contribution in [0, 0.1) is 0 Å². The Morgan fingerprint density at radius 3 is 1.94 bits per heavy atom. The Morgan fingerprint density at radius 2 is 1.44 bits per heavy atom. The van der Waals surface area contributed by atoms with E-state index >= 15 is 0 Å². The zero-order chi connectivity index (χ0) is 12.1. The third-order valence-corrected chi connectivity index (χ3v) is 2.57. The Morgan fingerprint density at radius 1 is 0.938 bits per heavy atom. The van der Waals surface area contributed by atoms with E-state index in [-0.39, 0.29) is 5.91 Å². The van der Waals surface area contributed by atoms with Gasteiger partial charge in [-0.3, -0.25) is 4.79 Å². The van der Waals surface area contributed by atoms with Crippen molar-refractivity contribution in [2.45, 2.75) is 44.9 Å². The summed E-state index contributed by atoms with van der Waals surface area (Å²) >= 11 is 0. The minimum absolute atomic E-state index is 0.271. The summed E-state index contributed by atoms with van der Waals surface area (Å²) in [5.41, 5.74) is 0. The maximum Gasteiger partial charge on any atom is 0.245 e. The van der Waals surface area contributed by atoms with Gasteiger partial charge in [0.2, 0.25) is 5.91 Å². The van der Waals surface area contributed by atoms with Crippen LogP contribution in [0.3, 0.4) is 0 Å². The van der Waals surface area contributed by atoms with E-state index in [0.717, 1.165) is 19.4 Å². The maximum absolute atomic E-state index is 10.7. The van der Waals surface area contributed by atoms with Gasteiger partial charge in [-0.15, -0.1) is 0 Å². The first kappa shape index (κ1) is 15.4. The van der Waals surface area contributed by atoms with Crippen LogP contribution >= 0.6 is 0 Å². The van der Waals surface area contributed by atoms with Crippen LogP contribution in [0.4, 0.5) is 0 Å². The van der Waals surface area contributed by atoms with E-state index in [1.54, 1.807) is 0 Å². The molecule has 0 atom stereocenters. The van der Waals surface area contributed by atoms with Crippen molar-refractivity contribution in [3.63, 3.8) is 0 Å². The lowest BCUT2D eigenvalue weighted by Crippen LogP contribution is -2.26. The number of hydrogen-bond donors (Lipinski definition) is 3. The highest BCUT2D eigenvalue weighted by Gasteiger charge is 1.96. The Labute approximate surface area is 98.8 Å². The van der Waals surface area contributed by atoms with Gasteiger partial charge in [0.25, 0.3) is 0 Å². The van der Waals surface area contributed by atoms with Crippen molar-refractivity contribution < 1.29 is 9.90 Å². The van der Waals surface area contributed by atoms with Crippen LogP contribution in [0.2, 0.25) is 0 Å². The predicted octanol–water partition coefficient (Wildman–Crippen LogP) is 1.04. The van der Waals surface area contributed by atoms with Crippen molar-refractivity contribution in [2.24, 2.45) is 0 Å². The van der Waals surface area contributed by atoms with Gasteiger partial charge in [0.05, 0.1) is 0 Å². The second kappa shape index (κ2) is 12.5. The van der Waals surface area contributed by atoms with Gasteiger partial charge in [-0.25, -0.2) is 0 Å². The minimum Gasteiger partial charge on any atom is -0.387 e. The lowest BCUT2D eigenvalue weighted by atomic mass is 10.1. The monoisotopic (exact) mass is 230 g/mol. The van der Waals surface area contributed by atoms with Crippen molar-refractivity contribution in [3.8, 4) is 0 Å². The average molecular weight is 230 g/mol. The second-order valence-electron chi connectivity index (χ2n) is 4.09. The minimum atomic E-state index is -0.397. The molecule has 0 aromatic heterocycles. The Kier molecular flexibility index (Phi) is 12.0. The number of hydrogen-bond acceptors (Lipinski definition) is 3. The highest BCUT2D eigenvalue weighted by Crippen LogP contribution is 2.06. The summed E-state index contributed by atoms with van der Waals surface area (Å²) in [6, 6.07) is 0. The van der Waals surface area contributed by atoms with Crippen molar-refractivity contribution in [1.29, 1.82) is 0 Å². The van der Waals surface area contributed by atoms with Crippen molar-refractivity contribution >= 4 is 5.91 Å². The summed E-state index contributed by atoms with van der Waals surface area (Å²) in [5.74, 6) is -0.271. The molecule has 0 unspecified atom stereocenters. The molecule has 0 aliphatic heterocycles. The molecule has 3 N–H and O–H groups in total. The number of rotatable bonds is 11. The molecule has 0 aliphatic rings. The third-order valence-electron chi connectivity index (χ3n) is 2.57. The fourth-order valence-corrected chi connectivity index (χ4v) is 1.59. The molecule has 16 heavy (non-hydrogen) atoms. The summed E-state index contributed by atoms with van der Waals surface area (Å²) in [4.78, 5) is 10.7. The first-order valence-corrected chi connectivity index (χ1v) is 6.33. The highest BCUT2D eigenvalue weighted by atomic mass is 16.3. The zero-order valence-electron chi connectivity index (χ0n) is 10.4. The summed E-state index contributed by atoms with van der Waals surface area (Å²) in [7, 11) is 1.99. The van der Waals surface area contributed by atoms with Gasteiger partial charge in [-0.1, -0.05) is 32.1 Å². The van der Waals surface area contributed by atoms with Crippen LogP contribution in [0.1, 0.15) is 44.9 Å². The Hall–Kier alpha value is -0.610. The molecule has 0 aromatic carbocycles. The lowest BCUT2D eigenvalue weighted by Gasteiger charge is -2.03. The number of unbranched alkanes of at least 4 members (excludes halogenated alkanes) is 6. The van der Waals surface area contributed by atoms with Gasteiger partial charge in [0.15, 0.2) is 0 Å². The van der Waals surface area contributed by atoms with Crippen LogP contribution in [0.25, 0.3) is 0 Å². The maximum atomic E-state index is 10.7. The molecule has 0 bridgehead atoms. The number of carbonyl (C=O) groups is 1. The van der Waals surface area contributed by atoms with Gasteiger partial charge in [-0.05, 0) is 26.4 Å². The smallest absolute Gasteiger partial charge is 0.245 e. The van der Waals surface area contributed by atoms with Crippen molar-refractivity contribution in [3.05, 3.63) is 0 Å². The predicted molar refractivity (Wildman–Crippen MR) is 66.3 cm³/mol. The summed E-state index contributed by atoms with van der Waals surface area (Å²) in [5, 5.41) is 14.3. The van der Waals surface area contributed by atoms with Crippen molar-refractivity contribution in [2.75, 3.05) is 26.7 Å². The van der Waals surface area contributed by atoms with Crippen LogP contribution in [-0.4, -0.2) is 37.8 Å². The number of amides is 1. The van der Waals surface area contributed by atoms with Gasteiger partial charge < -0.3 is 15.7 Å². The van der Waals surface area contributed by atoms with Crippen molar-refractivity contribution in [1.82, 2.24) is 10.6 Å². The van der Waals surface area contributed by atoms with Gasteiger partial charge in [0.1, 0.15) is 6.61 Å². The van der Waals surface area contributed by atoms with E-state index in [1.165, 1.54) is 32.1 Å². The SMILES string of the molecule is CNCCCCCCCCCNC(=O)CO. The normalized spacial score (nSPS) is 10.4. The van der Waals surface area contributed by atoms with E-state index in [9.17, 15) is 4.79 Å². The molecule has 0 rings (SSSR count). The molecule has 0 aliphatic carbocycles. The molecular formula is C12H26N2O2. The summed E-state index contributed by atoms with van der Waals surface area (Å²) in [6.45, 7) is 1.41. The highest BCUT2D eigenvalue weighted by molar-refractivity contribution is 5.76. The fourth-order valence-electron chi connectivity index (χ4n) is 1.59. The van der Waals surface area contributed by atoms with Crippen LogP contribution < -0.4 is 10.6 Å². The number of aliphatic hydroxyl groups excluding tert-OH is 1. The molecule has 1 amide bonds. The molecule has 0 saturated heterocycles. The van der Waals surface area contributed by atoms with Crippen LogP contribution in [0.5, 0.6) is 0 Å². The first-order chi connectivity index (χ1) is 7.81. The molecule has 0 heterocycles. The standard InChI is InChI=1S/C12H26N2O2/c1-13-9-7-5-3-2-4-6-8-10-14-12(16)11-15/h13,15H,2-11H2,1H3,(H,14,16). The molecule has 0 saturated carbocycles. The second-order valence-corrected chi connectivity index (χ2v) is 4.09. The van der Waals surface area contributed by atoms with Gasteiger partial charge in [0, 0.05) is 6.54 Å². The van der Waals surface area contributed by atoms with E-state index in [0.29, 0.717) is 6.54 Å². The molecule has 96 valence electrons. The summed E-state index contributed by atoms with van der Waals surface area (Å²) in [6.07, 6.45) is 8.60. The first-order valence-electron chi connectivity index (χ1n) is 6.33. The number of nitrogens with one attached hydrogen (secondary N) is 2. The Bertz CT molecular complexity index is 163. The largest absolute Gasteiger partial charge is 0.387 e. The summed E-state index contributed by atoms with van der Waals surface area (Å²) < 4.78 is 0. The molecular weight excluding hydrogens is 204 g/mol. The van der Waals surface area contributed by atoms with E-state index in [1.807, 2.05) is 7.05 Å². The number of carbonyl (C=O) groups excluding carboxylic acids is 1. The topological polar surface area (TPSA) is 61.4 Å². The molecule has 0 fully saturated rings. The van der Waals surface area contributed by atoms with Crippen LogP contribution in [0.15, 0.2) is 0 Å². The number of aliphatic hydroxyl groups is 1. The van der Waals surface area contributed by atoms with Gasteiger partial charge >= 0.3 is 0 Å². The van der Waals surface area contributed by atoms with E-state index in [2.05, 4.69) is 10.6 Å².